The Kier molecular flexibility index (Phi) is 4.35. The third-order valence-electron chi connectivity index (χ3n) is 4.45. The molecule has 0 aromatic heterocycles. The SMILES string of the molecule is CCNC(c1cccc(C2CCC2)c1)c1ccccc1F. The first-order chi connectivity index (χ1) is 10.3. The quantitative estimate of drug-likeness (QED) is 0.831. The molecule has 0 bridgehead atoms. The van der Waals surface area contributed by atoms with Gasteiger partial charge in [0.1, 0.15) is 5.82 Å². The van der Waals surface area contributed by atoms with Crippen molar-refractivity contribution in [3.8, 4) is 0 Å². The van der Waals surface area contributed by atoms with E-state index >= 15 is 0 Å². The van der Waals surface area contributed by atoms with Crippen molar-refractivity contribution in [1.29, 1.82) is 0 Å². The van der Waals surface area contributed by atoms with E-state index in [4.69, 9.17) is 0 Å². The topological polar surface area (TPSA) is 12.0 Å². The second-order valence-electron chi connectivity index (χ2n) is 5.81. The van der Waals surface area contributed by atoms with Crippen LogP contribution >= 0.6 is 0 Å². The van der Waals surface area contributed by atoms with Gasteiger partial charge < -0.3 is 5.32 Å². The van der Waals surface area contributed by atoms with E-state index in [1.54, 1.807) is 6.07 Å². The first-order valence-corrected chi connectivity index (χ1v) is 7.87. The Bertz CT molecular complexity index is 604. The van der Waals surface area contributed by atoms with Gasteiger partial charge in [0.15, 0.2) is 0 Å². The van der Waals surface area contributed by atoms with Gasteiger partial charge in [0, 0.05) is 5.56 Å². The lowest BCUT2D eigenvalue weighted by Crippen LogP contribution is -2.23. The van der Waals surface area contributed by atoms with Gasteiger partial charge >= 0.3 is 0 Å². The molecule has 0 amide bonds. The molecular weight excluding hydrogens is 261 g/mol. The molecule has 1 N–H and O–H groups in total. The van der Waals surface area contributed by atoms with Gasteiger partial charge in [-0.3, -0.25) is 0 Å². The zero-order valence-electron chi connectivity index (χ0n) is 12.5. The van der Waals surface area contributed by atoms with Gasteiger partial charge in [-0.05, 0) is 42.5 Å². The highest BCUT2D eigenvalue weighted by atomic mass is 19.1. The van der Waals surface area contributed by atoms with Gasteiger partial charge in [0.05, 0.1) is 6.04 Å². The van der Waals surface area contributed by atoms with Crippen LogP contribution in [0.25, 0.3) is 0 Å². The van der Waals surface area contributed by atoms with Crippen LogP contribution in [0.1, 0.15) is 54.8 Å². The number of nitrogens with one attached hydrogen (secondary N) is 1. The molecule has 0 heterocycles. The van der Waals surface area contributed by atoms with Crippen molar-refractivity contribution in [2.24, 2.45) is 0 Å². The van der Waals surface area contributed by atoms with E-state index in [9.17, 15) is 4.39 Å². The van der Waals surface area contributed by atoms with Crippen LogP contribution in [0.15, 0.2) is 48.5 Å². The molecule has 0 saturated heterocycles. The summed E-state index contributed by atoms with van der Waals surface area (Å²) in [7, 11) is 0. The molecule has 1 aliphatic carbocycles. The smallest absolute Gasteiger partial charge is 0.128 e. The average Bonchev–Trinajstić information content (AvgIpc) is 2.44. The Morgan fingerprint density at radius 3 is 2.62 bits per heavy atom. The minimum absolute atomic E-state index is 0.0729. The monoisotopic (exact) mass is 283 g/mol. The minimum Gasteiger partial charge on any atom is -0.306 e. The molecule has 1 unspecified atom stereocenters. The van der Waals surface area contributed by atoms with Crippen molar-refractivity contribution in [2.45, 2.75) is 38.1 Å². The molecule has 1 nitrogen and oxygen atoms in total. The second-order valence-corrected chi connectivity index (χ2v) is 5.81. The van der Waals surface area contributed by atoms with E-state index in [1.165, 1.54) is 30.9 Å². The number of hydrogen-bond donors (Lipinski definition) is 1. The van der Waals surface area contributed by atoms with Crippen LogP contribution in [0.2, 0.25) is 0 Å². The van der Waals surface area contributed by atoms with Gasteiger partial charge in [-0.15, -0.1) is 0 Å². The summed E-state index contributed by atoms with van der Waals surface area (Å²) in [5, 5.41) is 3.42. The van der Waals surface area contributed by atoms with Gasteiger partial charge in [-0.1, -0.05) is 55.8 Å². The maximum Gasteiger partial charge on any atom is 0.128 e. The summed E-state index contributed by atoms with van der Waals surface area (Å²) in [6.07, 6.45) is 3.91. The van der Waals surface area contributed by atoms with E-state index in [0.29, 0.717) is 5.92 Å². The third-order valence-corrected chi connectivity index (χ3v) is 4.45. The molecular formula is C19H22FN. The minimum atomic E-state index is -0.141. The summed E-state index contributed by atoms with van der Waals surface area (Å²) in [6.45, 7) is 2.87. The number of benzene rings is 2. The van der Waals surface area contributed by atoms with E-state index in [1.807, 2.05) is 12.1 Å². The molecule has 3 rings (SSSR count). The summed E-state index contributed by atoms with van der Waals surface area (Å²) in [6, 6.07) is 15.6. The summed E-state index contributed by atoms with van der Waals surface area (Å²) in [5.74, 6) is 0.561. The first-order valence-electron chi connectivity index (χ1n) is 7.87. The highest BCUT2D eigenvalue weighted by molar-refractivity contribution is 5.36. The Balaban J connectivity index is 1.95. The molecule has 0 spiro atoms. The third kappa shape index (κ3) is 3.01. The molecule has 1 fully saturated rings. The van der Waals surface area contributed by atoms with Gasteiger partial charge in [-0.2, -0.15) is 0 Å². The highest BCUT2D eigenvalue weighted by Crippen LogP contribution is 2.37. The Morgan fingerprint density at radius 2 is 1.95 bits per heavy atom. The standard InChI is InChI=1S/C19H22FN/c1-2-21-19(17-11-3-4-12-18(17)20)16-10-6-9-15(13-16)14-7-5-8-14/h3-4,6,9-14,19,21H,2,5,7-8H2,1H3. The van der Waals surface area contributed by atoms with Crippen LogP contribution in [0.4, 0.5) is 4.39 Å². The lowest BCUT2D eigenvalue weighted by Gasteiger charge is -2.27. The van der Waals surface area contributed by atoms with Crippen LogP contribution < -0.4 is 5.32 Å². The van der Waals surface area contributed by atoms with Gasteiger partial charge in [0.2, 0.25) is 0 Å². The van der Waals surface area contributed by atoms with E-state index in [0.717, 1.165) is 17.7 Å². The Labute approximate surface area is 126 Å². The molecule has 110 valence electrons. The molecule has 2 aromatic rings. The lowest BCUT2D eigenvalue weighted by atomic mass is 9.79. The lowest BCUT2D eigenvalue weighted by molar-refractivity contribution is 0.419. The first kappa shape index (κ1) is 14.3. The molecule has 0 radical (unpaired) electrons. The number of halogens is 1. The molecule has 1 saturated carbocycles. The van der Waals surface area contributed by atoms with E-state index < -0.39 is 0 Å². The van der Waals surface area contributed by atoms with E-state index in [-0.39, 0.29) is 11.9 Å². The molecule has 1 atom stereocenters. The molecule has 21 heavy (non-hydrogen) atoms. The predicted octanol–water partition coefficient (Wildman–Crippen LogP) is 4.79. The van der Waals surface area contributed by atoms with Crippen molar-refractivity contribution in [3.63, 3.8) is 0 Å². The zero-order valence-corrected chi connectivity index (χ0v) is 12.5. The molecule has 1 aliphatic rings. The molecule has 0 aliphatic heterocycles. The Hall–Kier alpha value is -1.67. The summed E-state index contributed by atoms with van der Waals surface area (Å²) < 4.78 is 14.1. The van der Waals surface area contributed by atoms with Crippen LogP contribution in [0.3, 0.4) is 0 Å². The zero-order chi connectivity index (χ0) is 14.7. The average molecular weight is 283 g/mol. The van der Waals surface area contributed by atoms with Crippen molar-refractivity contribution in [2.75, 3.05) is 6.54 Å². The number of rotatable bonds is 5. The van der Waals surface area contributed by atoms with Crippen LogP contribution in [0, 0.1) is 5.82 Å². The largest absolute Gasteiger partial charge is 0.306 e. The maximum atomic E-state index is 14.1. The highest BCUT2D eigenvalue weighted by Gasteiger charge is 2.22. The fraction of sp³-hybridized carbons (Fsp3) is 0.368. The molecule has 2 aromatic carbocycles. The summed E-state index contributed by atoms with van der Waals surface area (Å²) in [4.78, 5) is 0. The van der Waals surface area contributed by atoms with Crippen LogP contribution in [-0.2, 0) is 0 Å². The summed E-state index contributed by atoms with van der Waals surface area (Å²) in [5.41, 5.74) is 3.29. The second kappa shape index (κ2) is 6.40. The fourth-order valence-corrected chi connectivity index (χ4v) is 3.05. The van der Waals surface area contributed by atoms with Crippen molar-refractivity contribution < 1.29 is 4.39 Å². The van der Waals surface area contributed by atoms with Crippen LogP contribution in [-0.4, -0.2) is 6.54 Å². The molecule has 2 heteroatoms. The van der Waals surface area contributed by atoms with Crippen LogP contribution in [0.5, 0.6) is 0 Å². The Morgan fingerprint density at radius 1 is 1.14 bits per heavy atom. The normalized spacial score (nSPS) is 16.5. The predicted molar refractivity (Wildman–Crippen MR) is 85.0 cm³/mol. The van der Waals surface area contributed by atoms with Gasteiger partial charge in [0.25, 0.3) is 0 Å². The summed E-state index contributed by atoms with van der Waals surface area (Å²) >= 11 is 0. The van der Waals surface area contributed by atoms with Crippen molar-refractivity contribution in [3.05, 3.63) is 71.0 Å². The van der Waals surface area contributed by atoms with Gasteiger partial charge in [-0.25, -0.2) is 4.39 Å². The van der Waals surface area contributed by atoms with E-state index in [2.05, 4.69) is 36.5 Å². The fourth-order valence-electron chi connectivity index (χ4n) is 3.05. The maximum absolute atomic E-state index is 14.1. The van der Waals surface area contributed by atoms with Crippen molar-refractivity contribution in [1.82, 2.24) is 5.32 Å². The van der Waals surface area contributed by atoms with Crippen molar-refractivity contribution >= 4 is 0 Å². The number of hydrogen-bond acceptors (Lipinski definition) is 1.